The summed E-state index contributed by atoms with van der Waals surface area (Å²) in [4.78, 5) is 42.7. The molecule has 168 valence electrons. The maximum Gasteiger partial charge on any atom is 0.351 e. The van der Waals surface area contributed by atoms with E-state index in [1.807, 2.05) is 0 Å². The molecular formula is C16H18FN5O8S. The van der Waals surface area contributed by atoms with Gasteiger partial charge in [-0.3, -0.25) is 14.2 Å². The van der Waals surface area contributed by atoms with Gasteiger partial charge in [0, 0.05) is 26.3 Å². The van der Waals surface area contributed by atoms with Crippen molar-refractivity contribution in [1.29, 1.82) is 0 Å². The molecular weight excluding hydrogens is 441 g/mol. The molecule has 31 heavy (non-hydrogen) atoms. The van der Waals surface area contributed by atoms with Crippen LogP contribution in [0.5, 0.6) is 0 Å². The molecule has 2 aromatic heterocycles. The summed E-state index contributed by atoms with van der Waals surface area (Å²) in [6, 6.07) is 1.25. The zero-order valence-electron chi connectivity index (χ0n) is 16.5. The maximum absolute atomic E-state index is 16.2. The zero-order chi connectivity index (χ0) is 23.0. The van der Waals surface area contributed by atoms with Gasteiger partial charge in [0.05, 0.1) is 0 Å². The molecule has 4 atom stereocenters. The van der Waals surface area contributed by atoms with Gasteiger partial charge in [-0.25, -0.2) is 27.3 Å². The van der Waals surface area contributed by atoms with Gasteiger partial charge in [-0.05, 0) is 6.07 Å². The second-order valence-electron chi connectivity index (χ2n) is 6.65. The zero-order valence-corrected chi connectivity index (χ0v) is 17.4. The van der Waals surface area contributed by atoms with Crippen LogP contribution in [0.4, 0.5) is 4.39 Å². The SMILES string of the molecule is CC(=O)OC[C@H]1O[C@@H](n2ccc(-n3cncn3)nc2=O)[C@@](F)(S(C)(=O)=O)[C@@H]1OC(C)=O. The Morgan fingerprint density at radius 3 is 2.55 bits per heavy atom. The molecule has 1 fully saturated rings. The number of carbonyl (C=O) groups is 2. The van der Waals surface area contributed by atoms with E-state index in [-0.39, 0.29) is 5.82 Å². The Balaban J connectivity index is 2.09. The van der Waals surface area contributed by atoms with Gasteiger partial charge in [0.25, 0.3) is 5.00 Å². The van der Waals surface area contributed by atoms with Gasteiger partial charge < -0.3 is 14.2 Å². The molecule has 0 aromatic carbocycles. The minimum absolute atomic E-state index is 0.0357. The van der Waals surface area contributed by atoms with Crippen LogP contribution in [0.2, 0.25) is 0 Å². The second kappa shape index (κ2) is 8.14. The van der Waals surface area contributed by atoms with Crippen LogP contribution in [-0.4, -0.2) is 74.7 Å². The van der Waals surface area contributed by atoms with E-state index in [2.05, 4.69) is 15.1 Å². The van der Waals surface area contributed by atoms with Gasteiger partial charge in [0.2, 0.25) is 0 Å². The first-order valence-corrected chi connectivity index (χ1v) is 10.6. The molecule has 13 nitrogen and oxygen atoms in total. The largest absolute Gasteiger partial charge is 0.463 e. The molecule has 15 heteroatoms. The first-order chi connectivity index (χ1) is 14.4. The van der Waals surface area contributed by atoms with E-state index in [0.29, 0.717) is 10.8 Å². The van der Waals surface area contributed by atoms with E-state index >= 15 is 4.39 Å². The molecule has 3 rings (SSSR count). The number of sulfone groups is 1. The highest BCUT2D eigenvalue weighted by Gasteiger charge is 2.67. The van der Waals surface area contributed by atoms with Crippen molar-refractivity contribution in [3.05, 3.63) is 35.4 Å². The van der Waals surface area contributed by atoms with E-state index in [1.54, 1.807) is 0 Å². The normalized spacial score (nSPS) is 25.9. The summed E-state index contributed by atoms with van der Waals surface area (Å²) >= 11 is 0. The van der Waals surface area contributed by atoms with Crippen molar-refractivity contribution in [2.75, 3.05) is 12.9 Å². The molecule has 0 N–H and O–H groups in total. The van der Waals surface area contributed by atoms with Gasteiger partial charge in [-0.1, -0.05) is 0 Å². The van der Waals surface area contributed by atoms with Crippen LogP contribution >= 0.6 is 0 Å². The van der Waals surface area contributed by atoms with E-state index in [4.69, 9.17) is 14.2 Å². The van der Waals surface area contributed by atoms with Crippen molar-refractivity contribution in [3.8, 4) is 5.82 Å². The molecule has 1 saturated heterocycles. The Kier molecular flexibility index (Phi) is 5.91. The highest BCUT2D eigenvalue weighted by molar-refractivity contribution is 7.92. The van der Waals surface area contributed by atoms with Crippen molar-refractivity contribution < 1.29 is 36.6 Å². The van der Waals surface area contributed by atoms with Crippen molar-refractivity contribution in [1.82, 2.24) is 24.3 Å². The van der Waals surface area contributed by atoms with Gasteiger partial charge in [0.1, 0.15) is 25.4 Å². The van der Waals surface area contributed by atoms with E-state index in [9.17, 15) is 22.8 Å². The van der Waals surface area contributed by atoms with Gasteiger partial charge in [-0.15, -0.1) is 0 Å². The van der Waals surface area contributed by atoms with Crippen molar-refractivity contribution >= 4 is 21.8 Å². The second-order valence-corrected chi connectivity index (χ2v) is 8.82. The summed E-state index contributed by atoms with van der Waals surface area (Å²) in [5, 5.41) is 0.423. The third-order valence-electron chi connectivity index (χ3n) is 4.40. The fourth-order valence-corrected chi connectivity index (χ4v) is 4.23. The number of hydrogen-bond donors (Lipinski definition) is 0. The maximum atomic E-state index is 16.2. The van der Waals surface area contributed by atoms with Gasteiger partial charge in [-0.2, -0.15) is 10.1 Å². The Morgan fingerprint density at radius 1 is 1.32 bits per heavy atom. The predicted octanol–water partition coefficient (Wildman–Crippen LogP) is -1.07. The highest BCUT2D eigenvalue weighted by Crippen LogP contribution is 2.46. The van der Waals surface area contributed by atoms with Crippen LogP contribution in [0.15, 0.2) is 29.7 Å². The number of hydrogen-bond acceptors (Lipinski definition) is 11. The molecule has 0 amide bonds. The van der Waals surface area contributed by atoms with Crippen LogP contribution in [0, 0.1) is 0 Å². The lowest BCUT2D eigenvalue weighted by atomic mass is 10.1. The number of carbonyl (C=O) groups excluding carboxylic acids is 2. The van der Waals surface area contributed by atoms with Crippen LogP contribution < -0.4 is 5.69 Å². The summed E-state index contributed by atoms with van der Waals surface area (Å²) in [6.07, 6.45) is -1.54. The summed E-state index contributed by atoms with van der Waals surface area (Å²) in [5.41, 5.74) is -1.07. The molecule has 1 aliphatic rings. The fourth-order valence-electron chi connectivity index (χ4n) is 3.07. The number of alkyl halides is 1. The lowest BCUT2D eigenvalue weighted by Gasteiger charge is -2.29. The van der Waals surface area contributed by atoms with E-state index in [0.717, 1.165) is 24.7 Å². The average molecular weight is 459 g/mol. The summed E-state index contributed by atoms with van der Waals surface area (Å²) in [7, 11) is -4.66. The number of esters is 2. The van der Waals surface area contributed by atoms with Gasteiger partial charge in [0.15, 0.2) is 28.0 Å². The fraction of sp³-hybridized carbons (Fsp3) is 0.500. The van der Waals surface area contributed by atoms with Crippen LogP contribution in [0.25, 0.3) is 5.82 Å². The van der Waals surface area contributed by atoms with Crippen molar-refractivity contribution in [3.63, 3.8) is 0 Å². The first-order valence-electron chi connectivity index (χ1n) is 8.74. The summed E-state index contributed by atoms with van der Waals surface area (Å²) < 4.78 is 58.0. The Hall–Kier alpha value is -3.20. The molecule has 0 radical (unpaired) electrons. The third kappa shape index (κ3) is 4.18. The van der Waals surface area contributed by atoms with Gasteiger partial charge >= 0.3 is 17.6 Å². The highest BCUT2D eigenvalue weighted by atomic mass is 32.2. The minimum Gasteiger partial charge on any atom is -0.463 e. The Bertz CT molecular complexity index is 1150. The number of rotatable bonds is 6. The van der Waals surface area contributed by atoms with Crippen molar-refractivity contribution in [2.24, 2.45) is 0 Å². The molecule has 0 saturated carbocycles. The Morgan fingerprint density at radius 2 is 2.03 bits per heavy atom. The van der Waals surface area contributed by atoms with E-state index in [1.165, 1.54) is 18.7 Å². The molecule has 3 heterocycles. The monoisotopic (exact) mass is 459 g/mol. The summed E-state index contributed by atoms with van der Waals surface area (Å²) in [5.74, 6) is -1.72. The quantitative estimate of drug-likeness (QED) is 0.483. The molecule has 0 bridgehead atoms. The topological polar surface area (TPSA) is 162 Å². The lowest BCUT2D eigenvalue weighted by Crippen LogP contribution is -2.52. The lowest BCUT2D eigenvalue weighted by molar-refractivity contribution is -0.157. The standard InChI is InChI=1S/C16H18FN5O8S/c1-9(23)28-6-11-13(29-10(2)24)16(17,31(3,26)27)14(30-11)21-5-4-12(20-15(21)25)22-8-18-7-19-22/h4-5,7-8,11,13-14H,6H2,1-3H3/t11-,13-,14-,16+/m1/s1. The number of halogens is 1. The van der Waals surface area contributed by atoms with Crippen molar-refractivity contribution in [2.45, 2.75) is 37.3 Å². The molecule has 1 aliphatic heterocycles. The average Bonchev–Trinajstić information content (AvgIpc) is 3.28. The Labute approximate surface area is 174 Å². The van der Waals surface area contributed by atoms with Crippen LogP contribution in [-0.2, 0) is 33.6 Å². The number of aromatic nitrogens is 5. The van der Waals surface area contributed by atoms with Crippen LogP contribution in [0.1, 0.15) is 20.1 Å². The predicted molar refractivity (Wildman–Crippen MR) is 98.2 cm³/mol. The first kappa shape index (κ1) is 22.5. The molecule has 2 aromatic rings. The molecule has 0 unspecified atom stereocenters. The minimum atomic E-state index is -4.66. The molecule has 0 aliphatic carbocycles. The molecule has 0 spiro atoms. The number of nitrogens with zero attached hydrogens (tertiary/aromatic N) is 5. The third-order valence-corrected chi connectivity index (χ3v) is 5.97. The smallest absolute Gasteiger partial charge is 0.351 e. The summed E-state index contributed by atoms with van der Waals surface area (Å²) in [6.45, 7) is 1.40. The number of ether oxygens (including phenoxy) is 3. The van der Waals surface area contributed by atoms with Crippen LogP contribution in [0.3, 0.4) is 0 Å². The van der Waals surface area contributed by atoms with E-state index < -0.39 is 57.5 Å².